The molecule has 0 bridgehead atoms. The van der Waals surface area contributed by atoms with Crippen molar-refractivity contribution in [3.63, 3.8) is 0 Å². The van der Waals surface area contributed by atoms with E-state index >= 15 is 0 Å². The van der Waals surface area contributed by atoms with E-state index in [-0.39, 0.29) is 32.8 Å². The summed E-state index contributed by atoms with van der Waals surface area (Å²) in [6.45, 7) is 1.57. The largest absolute Gasteiger partial charge is 0.855 e. The standard InChI is InChI=1S/C2H5O.3CH4O.Zr/c1-2-3;3*1-2;/h2H2,1H3;3*2H,1H3;/q-1;;;;. The summed E-state index contributed by atoms with van der Waals surface area (Å²) in [4.78, 5) is 0. The molecule has 0 atom stereocenters. The summed E-state index contributed by atoms with van der Waals surface area (Å²) in [6, 6.07) is 0. The van der Waals surface area contributed by atoms with E-state index in [0.29, 0.717) is 0 Å². The maximum absolute atomic E-state index is 8.93. The topological polar surface area (TPSA) is 83.8 Å². The van der Waals surface area contributed by atoms with Crippen molar-refractivity contribution >= 4 is 0 Å². The molecule has 0 spiro atoms. The van der Waals surface area contributed by atoms with Crippen LogP contribution in [0.25, 0.3) is 0 Å². The van der Waals surface area contributed by atoms with E-state index in [4.69, 9.17) is 20.4 Å². The fourth-order valence-electron chi connectivity index (χ4n) is 0. The molecule has 0 aliphatic rings. The Kier molecular flexibility index (Phi) is 771. The summed E-state index contributed by atoms with van der Waals surface area (Å²) in [6.07, 6.45) is 0. The molecule has 0 radical (unpaired) electrons. The van der Waals surface area contributed by atoms with Gasteiger partial charge < -0.3 is 20.4 Å². The molecular formula is C5H17O4Zr-. The smallest absolute Gasteiger partial charge is 0.0319 e. The Bertz CT molecular complexity index is 13.6. The Balaban J connectivity index is -0.0000000110. The van der Waals surface area contributed by atoms with Gasteiger partial charge in [-0.3, -0.25) is 0 Å². The molecule has 0 unspecified atom stereocenters. The van der Waals surface area contributed by atoms with Crippen LogP contribution in [0, 0.1) is 0 Å². The fraction of sp³-hybridized carbons (Fsp3) is 1.00. The number of aliphatic hydroxyl groups excluding tert-OH is 3. The van der Waals surface area contributed by atoms with Gasteiger partial charge in [0.05, 0.1) is 0 Å². The van der Waals surface area contributed by atoms with E-state index in [0.717, 1.165) is 21.3 Å². The van der Waals surface area contributed by atoms with E-state index in [9.17, 15) is 0 Å². The first-order valence-corrected chi connectivity index (χ1v) is 2.34. The first-order valence-electron chi connectivity index (χ1n) is 2.34. The van der Waals surface area contributed by atoms with E-state index in [1.165, 1.54) is 0 Å². The van der Waals surface area contributed by atoms with Crippen LogP contribution in [0.5, 0.6) is 0 Å². The van der Waals surface area contributed by atoms with Crippen LogP contribution in [-0.2, 0) is 26.2 Å². The van der Waals surface area contributed by atoms with Gasteiger partial charge in [-0.2, -0.15) is 0 Å². The molecule has 0 amide bonds. The van der Waals surface area contributed by atoms with Gasteiger partial charge in [-0.1, -0.05) is 6.92 Å². The van der Waals surface area contributed by atoms with Gasteiger partial charge in [0, 0.05) is 47.5 Å². The van der Waals surface area contributed by atoms with Gasteiger partial charge in [-0.25, -0.2) is 0 Å². The van der Waals surface area contributed by atoms with Crippen molar-refractivity contribution < 1.29 is 46.6 Å². The zero-order valence-corrected chi connectivity index (χ0v) is 9.42. The van der Waals surface area contributed by atoms with E-state index < -0.39 is 0 Å². The Hall–Kier alpha value is 0.723. The average molecular weight is 232 g/mol. The number of hydrogen-bond donors (Lipinski definition) is 3. The zero-order valence-electron chi connectivity index (χ0n) is 6.96. The fourth-order valence-corrected chi connectivity index (χ4v) is 0. The van der Waals surface area contributed by atoms with Crippen LogP contribution in [0.2, 0.25) is 0 Å². The molecule has 0 rings (SSSR count). The Morgan fingerprint density at radius 2 is 0.900 bits per heavy atom. The normalized spacial score (nSPS) is 3.60. The van der Waals surface area contributed by atoms with Gasteiger partial charge in [-0.05, 0) is 0 Å². The quantitative estimate of drug-likeness (QED) is 0.460. The van der Waals surface area contributed by atoms with Crippen LogP contribution in [0.1, 0.15) is 6.92 Å². The molecule has 66 valence electrons. The molecule has 0 fully saturated rings. The zero-order chi connectivity index (χ0) is 8.71. The van der Waals surface area contributed by atoms with Crippen LogP contribution in [0.4, 0.5) is 0 Å². The second-order valence-corrected chi connectivity index (χ2v) is 0.289. The monoisotopic (exact) mass is 231 g/mol. The minimum absolute atomic E-state index is 0. The third kappa shape index (κ3) is 995. The second kappa shape index (κ2) is 249. The van der Waals surface area contributed by atoms with Gasteiger partial charge >= 0.3 is 0 Å². The van der Waals surface area contributed by atoms with E-state index in [1.54, 1.807) is 6.92 Å². The van der Waals surface area contributed by atoms with Crippen LogP contribution in [-0.4, -0.2) is 43.3 Å². The van der Waals surface area contributed by atoms with Crippen molar-refractivity contribution in [2.45, 2.75) is 6.92 Å². The maximum atomic E-state index is 8.93. The summed E-state index contributed by atoms with van der Waals surface area (Å²) in [5.74, 6) is 0. The minimum Gasteiger partial charge on any atom is -0.855 e. The van der Waals surface area contributed by atoms with Gasteiger partial charge in [0.25, 0.3) is 0 Å². The Morgan fingerprint density at radius 1 is 0.900 bits per heavy atom. The van der Waals surface area contributed by atoms with Gasteiger partial charge in [0.1, 0.15) is 0 Å². The molecule has 5 heteroatoms. The third-order valence-corrected chi connectivity index (χ3v) is 0. The summed E-state index contributed by atoms with van der Waals surface area (Å²) in [5, 5.41) is 29.9. The summed E-state index contributed by atoms with van der Waals surface area (Å²) in [7, 11) is 3.00. The van der Waals surface area contributed by atoms with Crippen molar-refractivity contribution in [3.8, 4) is 0 Å². The van der Waals surface area contributed by atoms with Crippen molar-refractivity contribution in [1.82, 2.24) is 0 Å². The molecule has 0 aromatic rings. The maximum Gasteiger partial charge on any atom is 0.0319 e. The SMILES string of the molecule is CC[O-].CO.CO.CO.[Zr]. The summed E-state index contributed by atoms with van der Waals surface area (Å²) in [5.41, 5.74) is 0. The number of hydrogen-bond acceptors (Lipinski definition) is 4. The molecular weight excluding hydrogens is 215 g/mol. The van der Waals surface area contributed by atoms with Crippen molar-refractivity contribution in [1.29, 1.82) is 0 Å². The summed E-state index contributed by atoms with van der Waals surface area (Å²) >= 11 is 0. The van der Waals surface area contributed by atoms with Crippen LogP contribution >= 0.6 is 0 Å². The molecule has 0 saturated heterocycles. The predicted molar refractivity (Wildman–Crippen MR) is 35.0 cm³/mol. The van der Waals surface area contributed by atoms with Gasteiger partial charge in [0.15, 0.2) is 0 Å². The Labute approximate surface area is 81.6 Å². The molecule has 0 heterocycles. The average Bonchev–Trinajstić information content (AvgIpc) is 2.01. The Morgan fingerprint density at radius 3 is 0.900 bits per heavy atom. The predicted octanol–water partition coefficient (Wildman–Crippen LogP) is -1.81. The van der Waals surface area contributed by atoms with E-state index in [2.05, 4.69) is 0 Å². The van der Waals surface area contributed by atoms with Crippen molar-refractivity contribution in [3.05, 3.63) is 0 Å². The van der Waals surface area contributed by atoms with Crippen LogP contribution in [0.15, 0.2) is 0 Å². The van der Waals surface area contributed by atoms with Crippen molar-refractivity contribution in [2.24, 2.45) is 0 Å². The molecule has 0 saturated carbocycles. The summed E-state index contributed by atoms with van der Waals surface area (Å²) < 4.78 is 0. The molecule has 0 aromatic heterocycles. The van der Waals surface area contributed by atoms with Crippen LogP contribution < -0.4 is 5.11 Å². The van der Waals surface area contributed by atoms with Gasteiger partial charge in [0.2, 0.25) is 0 Å². The van der Waals surface area contributed by atoms with E-state index in [1.807, 2.05) is 0 Å². The number of aliphatic hydroxyl groups is 3. The molecule has 0 aromatic carbocycles. The molecule has 3 N–H and O–H groups in total. The second-order valence-electron chi connectivity index (χ2n) is 0.289. The van der Waals surface area contributed by atoms with Crippen LogP contribution in [0.3, 0.4) is 0 Å². The first kappa shape index (κ1) is 31.0. The number of rotatable bonds is 0. The molecule has 0 aliphatic heterocycles. The van der Waals surface area contributed by atoms with Crippen molar-refractivity contribution in [2.75, 3.05) is 27.9 Å². The van der Waals surface area contributed by atoms with Gasteiger partial charge in [-0.15, -0.1) is 6.61 Å². The molecule has 0 aliphatic carbocycles. The first-order chi connectivity index (χ1) is 4.41. The molecule has 4 nitrogen and oxygen atoms in total. The minimum atomic E-state index is 0. The molecule has 10 heavy (non-hydrogen) atoms. The third-order valence-electron chi connectivity index (χ3n) is 0.